The molecule has 2 heterocycles. The van der Waals surface area contributed by atoms with Gasteiger partial charge in [-0.2, -0.15) is 8.42 Å². The minimum atomic E-state index is -3.76. The first-order chi connectivity index (χ1) is 13.4. The molecule has 1 aromatic heterocycles. The van der Waals surface area contributed by atoms with E-state index in [0.29, 0.717) is 22.8 Å². The number of likely N-dealkylation sites (tertiary alicyclic amines) is 1. The van der Waals surface area contributed by atoms with Crippen molar-refractivity contribution in [3.8, 4) is 0 Å². The highest BCUT2D eigenvalue weighted by atomic mass is 32.2. The number of amidine groups is 1. The van der Waals surface area contributed by atoms with Crippen molar-refractivity contribution in [2.75, 3.05) is 18.9 Å². The van der Waals surface area contributed by atoms with E-state index in [0.717, 1.165) is 23.1 Å². The molecule has 1 N–H and O–H groups in total. The van der Waals surface area contributed by atoms with Gasteiger partial charge in [0.15, 0.2) is 0 Å². The molecule has 0 unspecified atom stereocenters. The van der Waals surface area contributed by atoms with Crippen LogP contribution in [0.4, 0.5) is 5.69 Å². The van der Waals surface area contributed by atoms with Gasteiger partial charge >= 0.3 is 0 Å². The first-order valence-corrected chi connectivity index (χ1v) is 11.1. The fraction of sp³-hybridized carbons (Fsp3) is 0.200. The SMILES string of the molecule is CN1CCCC1=NS(=O)(=O)c1ccc(NC(=O)c2cc3ccccc3s2)cc1. The predicted octanol–water partition coefficient (Wildman–Crippen LogP) is 3.97. The lowest BCUT2D eigenvalue weighted by Crippen LogP contribution is -2.20. The molecular formula is C20H19N3O3S2. The number of hydrogen-bond acceptors (Lipinski definition) is 4. The number of benzene rings is 2. The Labute approximate surface area is 167 Å². The van der Waals surface area contributed by atoms with E-state index in [-0.39, 0.29) is 10.8 Å². The van der Waals surface area contributed by atoms with E-state index < -0.39 is 10.0 Å². The van der Waals surface area contributed by atoms with Crippen molar-refractivity contribution in [3.05, 3.63) is 59.5 Å². The van der Waals surface area contributed by atoms with Crippen LogP contribution in [0.1, 0.15) is 22.5 Å². The van der Waals surface area contributed by atoms with Gasteiger partial charge in [-0.3, -0.25) is 4.79 Å². The highest BCUT2D eigenvalue weighted by Crippen LogP contribution is 2.26. The Hall–Kier alpha value is -2.71. The number of sulfonamides is 1. The number of carbonyl (C=O) groups is 1. The number of carbonyl (C=O) groups excluding carboxylic acids is 1. The van der Waals surface area contributed by atoms with Gasteiger partial charge in [0.25, 0.3) is 15.9 Å². The van der Waals surface area contributed by atoms with E-state index in [9.17, 15) is 13.2 Å². The quantitative estimate of drug-likeness (QED) is 0.702. The van der Waals surface area contributed by atoms with Crippen molar-refractivity contribution in [3.63, 3.8) is 0 Å². The molecule has 1 amide bonds. The van der Waals surface area contributed by atoms with Crippen molar-refractivity contribution >= 4 is 48.9 Å². The van der Waals surface area contributed by atoms with Gasteiger partial charge in [0.1, 0.15) is 5.84 Å². The average Bonchev–Trinajstić information content (AvgIpc) is 3.28. The number of rotatable bonds is 4. The summed E-state index contributed by atoms with van der Waals surface area (Å²) in [4.78, 5) is 15.1. The predicted molar refractivity (Wildman–Crippen MR) is 113 cm³/mol. The van der Waals surface area contributed by atoms with Crippen LogP contribution < -0.4 is 5.32 Å². The molecule has 0 atom stereocenters. The maximum atomic E-state index is 12.5. The van der Waals surface area contributed by atoms with Crippen LogP contribution in [0, 0.1) is 0 Å². The second-order valence-corrected chi connectivity index (χ2v) is 9.32. The average molecular weight is 414 g/mol. The van der Waals surface area contributed by atoms with E-state index in [1.807, 2.05) is 42.3 Å². The first kappa shape index (κ1) is 18.6. The maximum absolute atomic E-state index is 12.5. The lowest BCUT2D eigenvalue weighted by Gasteiger charge is -2.11. The third kappa shape index (κ3) is 3.79. The molecule has 28 heavy (non-hydrogen) atoms. The normalized spacial score (nSPS) is 16.0. The van der Waals surface area contributed by atoms with Gasteiger partial charge in [0, 0.05) is 30.4 Å². The minimum Gasteiger partial charge on any atom is -0.362 e. The van der Waals surface area contributed by atoms with Crippen LogP contribution in [-0.4, -0.2) is 38.7 Å². The summed E-state index contributed by atoms with van der Waals surface area (Å²) >= 11 is 1.42. The van der Waals surface area contributed by atoms with Crippen LogP contribution in [0.5, 0.6) is 0 Å². The Bertz CT molecular complexity index is 1130. The second kappa shape index (κ2) is 7.37. The first-order valence-electron chi connectivity index (χ1n) is 8.87. The molecule has 0 aliphatic carbocycles. The number of amides is 1. The van der Waals surface area contributed by atoms with Crippen LogP contribution in [0.3, 0.4) is 0 Å². The standard InChI is InChI=1S/C20H19N3O3S2/c1-23-12-4-7-19(23)22-28(25,26)16-10-8-15(9-11-16)21-20(24)18-13-14-5-2-3-6-17(14)27-18/h2-3,5-6,8-11,13H,4,7,12H2,1H3,(H,21,24). The Kier molecular flexibility index (Phi) is 4.91. The van der Waals surface area contributed by atoms with Gasteiger partial charge in [0.2, 0.25) is 0 Å². The smallest absolute Gasteiger partial charge is 0.283 e. The molecule has 1 saturated heterocycles. The van der Waals surface area contributed by atoms with Gasteiger partial charge in [0.05, 0.1) is 9.77 Å². The largest absolute Gasteiger partial charge is 0.362 e. The Morgan fingerprint density at radius 1 is 1.14 bits per heavy atom. The monoisotopic (exact) mass is 413 g/mol. The zero-order chi connectivity index (χ0) is 19.7. The molecule has 2 aromatic carbocycles. The molecule has 6 nitrogen and oxygen atoms in total. The Morgan fingerprint density at radius 3 is 2.57 bits per heavy atom. The number of nitrogens with zero attached hydrogens (tertiary/aromatic N) is 2. The van der Waals surface area contributed by atoms with Crippen molar-refractivity contribution < 1.29 is 13.2 Å². The highest BCUT2D eigenvalue weighted by Gasteiger charge is 2.20. The lowest BCUT2D eigenvalue weighted by molar-refractivity contribution is 0.103. The van der Waals surface area contributed by atoms with Gasteiger partial charge in [-0.1, -0.05) is 18.2 Å². The summed E-state index contributed by atoms with van der Waals surface area (Å²) in [6.45, 7) is 0.817. The van der Waals surface area contributed by atoms with Gasteiger partial charge in [-0.15, -0.1) is 15.7 Å². The van der Waals surface area contributed by atoms with Crippen LogP contribution >= 0.6 is 11.3 Å². The number of anilines is 1. The second-order valence-electron chi connectivity index (χ2n) is 6.63. The molecular weight excluding hydrogens is 394 g/mol. The minimum absolute atomic E-state index is 0.111. The van der Waals surface area contributed by atoms with E-state index >= 15 is 0 Å². The maximum Gasteiger partial charge on any atom is 0.283 e. The third-order valence-electron chi connectivity index (χ3n) is 4.62. The third-order valence-corrected chi connectivity index (χ3v) is 7.05. The molecule has 0 saturated carbocycles. The number of fused-ring (bicyclic) bond motifs is 1. The van der Waals surface area contributed by atoms with Gasteiger partial charge in [-0.05, 0) is 48.2 Å². The molecule has 1 aliphatic rings. The molecule has 4 rings (SSSR count). The van der Waals surface area contributed by atoms with Crippen molar-refractivity contribution in [1.29, 1.82) is 0 Å². The Morgan fingerprint density at radius 2 is 1.89 bits per heavy atom. The summed E-state index contributed by atoms with van der Waals surface area (Å²) in [5, 5.41) is 3.83. The highest BCUT2D eigenvalue weighted by molar-refractivity contribution is 7.90. The van der Waals surface area contributed by atoms with Gasteiger partial charge < -0.3 is 10.2 Å². The molecule has 0 spiro atoms. The fourth-order valence-corrected chi connectivity index (χ4v) is 5.15. The lowest BCUT2D eigenvalue weighted by atomic mass is 10.2. The molecule has 8 heteroatoms. The number of nitrogens with one attached hydrogen (secondary N) is 1. The van der Waals surface area contributed by atoms with E-state index in [1.165, 1.54) is 23.5 Å². The Balaban J connectivity index is 1.50. The summed E-state index contributed by atoms with van der Waals surface area (Å²) in [6, 6.07) is 15.7. The van der Waals surface area contributed by atoms with E-state index in [4.69, 9.17) is 0 Å². The summed E-state index contributed by atoms with van der Waals surface area (Å²) in [5.41, 5.74) is 0.534. The van der Waals surface area contributed by atoms with Crippen LogP contribution in [0.2, 0.25) is 0 Å². The van der Waals surface area contributed by atoms with Crippen LogP contribution in [0.25, 0.3) is 10.1 Å². The van der Waals surface area contributed by atoms with Crippen LogP contribution in [0.15, 0.2) is 63.9 Å². The van der Waals surface area contributed by atoms with Crippen molar-refractivity contribution in [2.24, 2.45) is 4.40 Å². The van der Waals surface area contributed by atoms with Crippen molar-refractivity contribution in [2.45, 2.75) is 17.7 Å². The summed E-state index contributed by atoms with van der Waals surface area (Å²) in [7, 11) is -1.91. The van der Waals surface area contributed by atoms with Crippen LogP contribution in [-0.2, 0) is 10.0 Å². The molecule has 144 valence electrons. The summed E-state index contributed by atoms with van der Waals surface area (Å²) in [5.74, 6) is 0.367. The summed E-state index contributed by atoms with van der Waals surface area (Å²) in [6.07, 6.45) is 1.58. The molecule has 1 fully saturated rings. The van der Waals surface area contributed by atoms with Crippen molar-refractivity contribution in [1.82, 2.24) is 4.90 Å². The number of thiophene rings is 1. The number of hydrogen-bond donors (Lipinski definition) is 1. The topological polar surface area (TPSA) is 78.8 Å². The zero-order valence-electron chi connectivity index (χ0n) is 15.3. The molecule has 0 bridgehead atoms. The van der Waals surface area contributed by atoms with E-state index in [2.05, 4.69) is 9.71 Å². The summed E-state index contributed by atoms with van der Waals surface area (Å²) < 4.78 is 30.0. The molecule has 1 aliphatic heterocycles. The van der Waals surface area contributed by atoms with Gasteiger partial charge in [-0.25, -0.2) is 0 Å². The van der Waals surface area contributed by atoms with E-state index in [1.54, 1.807) is 12.1 Å². The molecule has 3 aromatic rings. The fourth-order valence-electron chi connectivity index (χ4n) is 3.10. The molecule has 0 radical (unpaired) electrons. The zero-order valence-corrected chi connectivity index (χ0v) is 16.9.